The fourth-order valence-corrected chi connectivity index (χ4v) is 0.474. The average Bonchev–Trinajstić information content (AvgIpc) is 2.23. The van der Waals surface area contributed by atoms with Crippen LogP contribution in [0.5, 0.6) is 0 Å². The molecule has 3 nitrogen and oxygen atoms in total. The maximum atomic E-state index is 8.07. The molecule has 0 fully saturated rings. The Morgan fingerprint density at radius 2 is 0.733 bits per heavy atom. The summed E-state index contributed by atoms with van der Waals surface area (Å²) in [5.74, 6) is 0. The Hall–Kier alpha value is -0.120. The number of aliphatic hydroxyl groups excluding tert-OH is 3. The number of hydrogen-bond donors (Lipinski definition) is 3. The second-order valence-corrected chi connectivity index (χ2v) is 3.23. The highest BCUT2D eigenvalue weighted by Gasteiger charge is 1.70. The summed E-state index contributed by atoms with van der Waals surface area (Å²) in [6, 6.07) is 0. The van der Waals surface area contributed by atoms with Gasteiger partial charge in [-0.25, -0.2) is 0 Å². The lowest BCUT2D eigenvalue weighted by Crippen LogP contribution is -1.75. The molecule has 3 heteroatoms. The average molecular weight is 222 g/mol. The number of unbranched alkanes of at least 4 members (excludes halogenated alkanes) is 3. The van der Waals surface area contributed by atoms with Gasteiger partial charge in [0.15, 0.2) is 0 Å². The molecule has 0 unspecified atom stereocenters. The van der Waals surface area contributed by atoms with Crippen molar-refractivity contribution in [1.82, 2.24) is 0 Å². The van der Waals surface area contributed by atoms with Gasteiger partial charge in [0.1, 0.15) is 0 Å². The zero-order valence-corrected chi connectivity index (χ0v) is 10.7. The summed E-state index contributed by atoms with van der Waals surface area (Å²) in [5, 5.41) is 24.2. The number of rotatable bonds is 6. The van der Waals surface area contributed by atoms with Crippen LogP contribution in [-0.2, 0) is 0 Å². The molecule has 0 rings (SSSR count). The maximum Gasteiger partial charge on any atom is 0.0430 e. The van der Waals surface area contributed by atoms with E-state index in [9.17, 15) is 0 Å². The minimum Gasteiger partial charge on any atom is -0.396 e. The monoisotopic (exact) mass is 222 g/mol. The summed E-state index contributed by atoms with van der Waals surface area (Å²) < 4.78 is 0. The van der Waals surface area contributed by atoms with Gasteiger partial charge in [-0.1, -0.05) is 40.0 Å². The summed E-state index contributed by atoms with van der Waals surface area (Å²) in [5.41, 5.74) is 0. The topological polar surface area (TPSA) is 60.7 Å². The molecule has 96 valence electrons. The summed E-state index contributed by atoms with van der Waals surface area (Å²) in [7, 11) is 0. The third-order valence-corrected chi connectivity index (χ3v) is 1.54. The quantitative estimate of drug-likeness (QED) is 0.646. The van der Waals surface area contributed by atoms with Crippen LogP contribution in [0.4, 0.5) is 0 Å². The Morgan fingerprint density at radius 1 is 0.533 bits per heavy atom. The van der Waals surface area contributed by atoms with Gasteiger partial charge in [0, 0.05) is 19.8 Å². The molecule has 0 bridgehead atoms. The van der Waals surface area contributed by atoms with Crippen molar-refractivity contribution in [1.29, 1.82) is 0 Å². The summed E-state index contributed by atoms with van der Waals surface area (Å²) in [6.45, 7) is 7.19. The van der Waals surface area contributed by atoms with E-state index in [0.717, 1.165) is 38.5 Å². The lowest BCUT2D eigenvalue weighted by molar-refractivity contribution is 0.286. The van der Waals surface area contributed by atoms with Crippen LogP contribution in [0.25, 0.3) is 0 Å². The largest absolute Gasteiger partial charge is 0.396 e. The zero-order chi connectivity index (χ0) is 12.4. The van der Waals surface area contributed by atoms with Crippen molar-refractivity contribution in [2.75, 3.05) is 19.8 Å². The summed E-state index contributed by atoms with van der Waals surface area (Å²) in [6.07, 6.45) is 6.11. The Balaban J connectivity index is -0.000000144. The highest BCUT2D eigenvalue weighted by atomic mass is 16.3. The van der Waals surface area contributed by atoms with E-state index < -0.39 is 0 Å². The molecule has 0 aliphatic heterocycles. The lowest BCUT2D eigenvalue weighted by Gasteiger charge is -1.79. The van der Waals surface area contributed by atoms with Gasteiger partial charge in [0.05, 0.1) is 0 Å². The normalized spacial score (nSPS) is 8.40. The van der Waals surface area contributed by atoms with Crippen LogP contribution in [0.15, 0.2) is 0 Å². The van der Waals surface area contributed by atoms with E-state index in [2.05, 4.69) is 20.8 Å². The molecule has 0 amide bonds. The first-order chi connectivity index (χ1) is 7.24. The van der Waals surface area contributed by atoms with Crippen molar-refractivity contribution >= 4 is 0 Å². The Morgan fingerprint density at radius 3 is 0.733 bits per heavy atom. The van der Waals surface area contributed by atoms with Crippen molar-refractivity contribution in [3.63, 3.8) is 0 Å². The molecule has 0 aliphatic rings. The predicted octanol–water partition coefficient (Wildman–Crippen LogP) is 2.34. The van der Waals surface area contributed by atoms with E-state index in [4.69, 9.17) is 15.3 Å². The molecule has 15 heavy (non-hydrogen) atoms. The maximum absolute atomic E-state index is 8.07. The molecule has 0 radical (unpaired) electrons. The van der Waals surface area contributed by atoms with Crippen LogP contribution in [0.2, 0.25) is 0 Å². The molecule has 0 saturated heterocycles. The van der Waals surface area contributed by atoms with Crippen LogP contribution < -0.4 is 0 Å². The van der Waals surface area contributed by atoms with Crippen molar-refractivity contribution in [3.8, 4) is 0 Å². The second kappa shape index (κ2) is 29.2. The molecule has 0 atom stereocenters. The van der Waals surface area contributed by atoms with E-state index >= 15 is 0 Å². The van der Waals surface area contributed by atoms with Crippen LogP contribution in [0, 0.1) is 0 Å². The molecule has 0 aromatic heterocycles. The van der Waals surface area contributed by atoms with Crippen molar-refractivity contribution in [2.24, 2.45) is 0 Å². The van der Waals surface area contributed by atoms with E-state index in [1.807, 2.05) is 0 Å². The molecule has 0 aliphatic carbocycles. The van der Waals surface area contributed by atoms with Gasteiger partial charge in [-0.05, 0) is 19.3 Å². The van der Waals surface area contributed by atoms with Gasteiger partial charge >= 0.3 is 0 Å². The Kier molecular flexibility index (Phi) is 39.5. The molecule has 0 aromatic carbocycles. The molecule has 0 saturated carbocycles. The minimum absolute atomic E-state index is 0.344. The van der Waals surface area contributed by atoms with E-state index in [0.29, 0.717) is 19.8 Å². The zero-order valence-electron chi connectivity index (χ0n) is 10.7. The van der Waals surface area contributed by atoms with Crippen LogP contribution in [0.1, 0.15) is 59.3 Å². The third-order valence-electron chi connectivity index (χ3n) is 1.54. The fourth-order valence-electron chi connectivity index (χ4n) is 0.474. The van der Waals surface area contributed by atoms with Gasteiger partial charge < -0.3 is 15.3 Å². The number of hydrogen-bond acceptors (Lipinski definition) is 3. The van der Waals surface area contributed by atoms with Gasteiger partial charge in [0.2, 0.25) is 0 Å². The predicted molar refractivity (Wildman–Crippen MR) is 66.0 cm³/mol. The third kappa shape index (κ3) is 56.7. The van der Waals surface area contributed by atoms with E-state index in [1.165, 1.54) is 0 Å². The lowest BCUT2D eigenvalue weighted by atomic mass is 10.4. The van der Waals surface area contributed by atoms with Crippen LogP contribution >= 0.6 is 0 Å². The highest BCUT2D eigenvalue weighted by molar-refractivity contribution is 4.24. The first-order valence-electron chi connectivity index (χ1n) is 6.07. The Bertz CT molecular complexity index is 47.6. The Labute approximate surface area is 95.1 Å². The van der Waals surface area contributed by atoms with Crippen LogP contribution in [-0.4, -0.2) is 35.1 Å². The second-order valence-electron chi connectivity index (χ2n) is 3.23. The SMILES string of the molecule is CCCCO.CCCCO.CCCCO. The van der Waals surface area contributed by atoms with Crippen molar-refractivity contribution in [2.45, 2.75) is 59.3 Å². The van der Waals surface area contributed by atoms with Gasteiger partial charge in [-0.15, -0.1) is 0 Å². The van der Waals surface area contributed by atoms with E-state index in [-0.39, 0.29) is 0 Å². The minimum atomic E-state index is 0.344. The van der Waals surface area contributed by atoms with Crippen molar-refractivity contribution in [3.05, 3.63) is 0 Å². The first kappa shape index (κ1) is 20.3. The van der Waals surface area contributed by atoms with E-state index in [1.54, 1.807) is 0 Å². The molecular weight excluding hydrogens is 192 g/mol. The summed E-state index contributed by atoms with van der Waals surface area (Å²) >= 11 is 0. The smallest absolute Gasteiger partial charge is 0.0430 e. The molecule has 0 aromatic rings. The van der Waals surface area contributed by atoms with Gasteiger partial charge in [-0.2, -0.15) is 0 Å². The molecule has 0 spiro atoms. The molecular formula is C12H30O3. The number of aliphatic hydroxyl groups is 3. The molecule has 3 N–H and O–H groups in total. The first-order valence-corrected chi connectivity index (χ1v) is 6.07. The standard InChI is InChI=1S/3C4H10O/c3*1-2-3-4-5/h3*5H,2-4H2,1H3. The fraction of sp³-hybridized carbons (Fsp3) is 1.00. The highest BCUT2D eigenvalue weighted by Crippen LogP contribution is 1.79. The van der Waals surface area contributed by atoms with Gasteiger partial charge in [-0.3, -0.25) is 0 Å². The van der Waals surface area contributed by atoms with Crippen LogP contribution in [0.3, 0.4) is 0 Å². The molecule has 0 heterocycles. The van der Waals surface area contributed by atoms with Gasteiger partial charge in [0.25, 0.3) is 0 Å². The summed E-state index contributed by atoms with van der Waals surface area (Å²) in [4.78, 5) is 0. The van der Waals surface area contributed by atoms with Crippen molar-refractivity contribution < 1.29 is 15.3 Å².